The van der Waals surface area contributed by atoms with Crippen LogP contribution in [0.2, 0.25) is 0 Å². The number of rotatable bonds is 4. The third-order valence-corrected chi connectivity index (χ3v) is 2.65. The Morgan fingerprint density at radius 1 is 1.39 bits per heavy atom. The van der Waals surface area contributed by atoms with Crippen molar-refractivity contribution in [1.29, 1.82) is 5.26 Å². The molecule has 2 rings (SSSR count). The van der Waals surface area contributed by atoms with E-state index in [1.807, 2.05) is 6.07 Å². The lowest BCUT2D eigenvalue weighted by molar-refractivity contribution is 0.0971. The summed E-state index contributed by atoms with van der Waals surface area (Å²) in [5, 5.41) is 8.87. The number of aromatic nitrogens is 1. The summed E-state index contributed by atoms with van der Waals surface area (Å²) in [6, 6.07) is 12.5. The first-order valence-electron chi connectivity index (χ1n) is 5.47. The smallest absolute Gasteiger partial charge is 0.182 e. The molecule has 0 saturated heterocycles. The fourth-order valence-electron chi connectivity index (χ4n) is 1.70. The molecule has 0 aliphatic carbocycles. The standard InChI is InChI=1S/C14H12N2O2/c1-18-13-6-2-4-11(8-13)14(17)10-16-7-3-5-12(16)9-15/h2-8H,10H2,1H3. The van der Waals surface area contributed by atoms with Crippen LogP contribution in [-0.4, -0.2) is 17.5 Å². The Bertz CT molecular complexity index is 608. The van der Waals surface area contributed by atoms with Crippen molar-refractivity contribution in [3.63, 3.8) is 0 Å². The average Bonchev–Trinajstić information content (AvgIpc) is 2.86. The van der Waals surface area contributed by atoms with Gasteiger partial charge in [-0.25, -0.2) is 0 Å². The van der Waals surface area contributed by atoms with E-state index in [9.17, 15) is 4.79 Å². The zero-order valence-corrected chi connectivity index (χ0v) is 9.96. The summed E-state index contributed by atoms with van der Waals surface area (Å²) in [7, 11) is 1.56. The second-order valence-electron chi connectivity index (χ2n) is 3.79. The first kappa shape index (κ1) is 11.9. The first-order valence-corrected chi connectivity index (χ1v) is 5.47. The molecular weight excluding hydrogens is 228 g/mol. The SMILES string of the molecule is COc1cccc(C(=O)Cn2cccc2C#N)c1. The molecule has 0 spiro atoms. The van der Waals surface area contributed by atoms with Crippen LogP contribution >= 0.6 is 0 Å². The Hall–Kier alpha value is -2.54. The van der Waals surface area contributed by atoms with Gasteiger partial charge in [-0.15, -0.1) is 0 Å². The quantitative estimate of drug-likeness (QED) is 0.770. The molecule has 1 heterocycles. The highest BCUT2D eigenvalue weighted by atomic mass is 16.5. The lowest BCUT2D eigenvalue weighted by Crippen LogP contribution is -2.11. The van der Waals surface area contributed by atoms with Crippen molar-refractivity contribution in [3.8, 4) is 11.8 Å². The number of carbonyl (C=O) groups excluding carboxylic acids is 1. The van der Waals surface area contributed by atoms with E-state index >= 15 is 0 Å². The van der Waals surface area contributed by atoms with Crippen LogP contribution < -0.4 is 4.74 Å². The second kappa shape index (κ2) is 5.19. The number of methoxy groups -OCH3 is 1. The molecule has 0 saturated carbocycles. The van der Waals surface area contributed by atoms with Crippen molar-refractivity contribution in [2.24, 2.45) is 0 Å². The van der Waals surface area contributed by atoms with Gasteiger partial charge in [-0.05, 0) is 24.3 Å². The molecule has 2 aromatic rings. The number of hydrogen-bond donors (Lipinski definition) is 0. The van der Waals surface area contributed by atoms with Gasteiger partial charge in [0.25, 0.3) is 0 Å². The fourth-order valence-corrected chi connectivity index (χ4v) is 1.70. The van der Waals surface area contributed by atoms with E-state index in [1.165, 1.54) is 0 Å². The van der Waals surface area contributed by atoms with Crippen molar-refractivity contribution in [2.75, 3.05) is 7.11 Å². The zero-order valence-electron chi connectivity index (χ0n) is 9.96. The molecule has 0 unspecified atom stereocenters. The summed E-state index contributed by atoms with van der Waals surface area (Å²) in [4.78, 5) is 12.1. The maximum atomic E-state index is 12.1. The number of carbonyl (C=O) groups is 1. The van der Waals surface area contributed by atoms with Gasteiger partial charge >= 0.3 is 0 Å². The maximum absolute atomic E-state index is 12.1. The summed E-state index contributed by atoms with van der Waals surface area (Å²) >= 11 is 0. The Morgan fingerprint density at radius 2 is 2.22 bits per heavy atom. The predicted octanol–water partition coefficient (Wildman–Crippen LogP) is 2.25. The van der Waals surface area contributed by atoms with Crippen molar-refractivity contribution < 1.29 is 9.53 Å². The van der Waals surface area contributed by atoms with E-state index in [-0.39, 0.29) is 12.3 Å². The van der Waals surface area contributed by atoms with Crippen molar-refractivity contribution in [1.82, 2.24) is 4.57 Å². The van der Waals surface area contributed by atoms with Crippen molar-refractivity contribution in [2.45, 2.75) is 6.54 Å². The summed E-state index contributed by atoms with van der Waals surface area (Å²) < 4.78 is 6.70. The van der Waals surface area contributed by atoms with Crippen LogP contribution in [-0.2, 0) is 6.54 Å². The normalized spacial score (nSPS) is 9.78. The monoisotopic (exact) mass is 240 g/mol. The van der Waals surface area contributed by atoms with Gasteiger partial charge in [-0.2, -0.15) is 5.26 Å². The molecule has 1 aromatic carbocycles. The highest BCUT2D eigenvalue weighted by Crippen LogP contribution is 2.14. The van der Waals surface area contributed by atoms with Crippen molar-refractivity contribution in [3.05, 3.63) is 53.9 Å². The van der Waals surface area contributed by atoms with E-state index < -0.39 is 0 Å². The molecule has 18 heavy (non-hydrogen) atoms. The van der Waals surface area contributed by atoms with Crippen LogP contribution in [0.3, 0.4) is 0 Å². The van der Waals surface area contributed by atoms with E-state index in [1.54, 1.807) is 54.3 Å². The zero-order chi connectivity index (χ0) is 13.0. The molecule has 0 radical (unpaired) electrons. The van der Waals surface area contributed by atoms with Crippen LogP contribution in [0.25, 0.3) is 0 Å². The molecule has 0 aliphatic heterocycles. The molecule has 4 heteroatoms. The Labute approximate surface area is 105 Å². The summed E-state index contributed by atoms with van der Waals surface area (Å²) in [5.74, 6) is 0.593. The summed E-state index contributed by atoms with van der Waals surface area (Å²) in [5.41, 5.74) is 1.05. The number of nitriles is 1. The minimum atomic E-state index is -0.0541. The van der Waals surface area contributed by atoms with Gasteiger partial charge in [0.05, 0.1) is 13.7 Å². The lowest BCUT2D eigenvalue weighted by atomic mass is 10.1. The van der Waals surface area contributed by atoms with E-state index in [0.717, 1.165) is 0 Å². The Kier molecular flexibility index (Phi) is 3.44. The molecule has 1 aromatic heterocycles. The molecule has 90 valence electrons. The number of benzene rings is 1. The van der Waals surface area contributed by atoms with Crippen LogP contribution in [0.4, 0.5) is 0 Å². The number of Topliss-reactive ketones (excluding diaryl/α,β-unsaturated/α-hetero) is 1. The molecule has 0 N–H and O–H groups in total. The maximum Gasteiger partial charge on any atom is 0.182 e. The number of hydrogen-bond acceptors (Lipinski definition) is 3. The first-order chi connectivity index (χ1) is 8.74. The lowest BCUT2D eigenvalue weighted by Gasteiger charge is -2.05. The van der Waals surface area contributed by atoms with Gasteiger partial charge in [0.15, 0.2) is 5.78 Å². The summed E-state index contributed by atoms with van der Waals surface area (Å²) in [6.45, 7) is 0.156. The number of ether oxygens (including phenoxy) is 1. The van der Waals surface area contributed by atoms with Crippen LogP contribution in [0.1, 0.15) is 16.1 Å². The van der Waals surface area contributed by atoms with Gasteiger partial charge in [0, 0.05) is 11.8 Å². The van der Waals surface area contributed by atoms with Crippen LogP contribution in [0, 0.1) is 11.3 Å². The summed E-state index contributed by atoms with van der Waals surface area (Å²) in [6.07, 6.45) is 1.72. The molecule has 4 nitrogen and oxygen atoms in total. The third-order valence-electron chi connectivity index (χ3n) is 2.65. The number of nitrogens with zero attached hydrogens (tertiary/aromatic N) is 2. The topological polar surface area (TPSA) is 55.0 Å². The highest BCUT2D eigenvalue weighted by Gasteiger charge is 2.09. The van der Waals surface area contributed by atoms with Crippen molar-refractivity contribution >= 4 is 5.78 Å². The van der Waals surface area contributed by atoms with Gasteiger partial charge in [-0.1, -0.05) is 12.1 Å². The average molecular weight is 240 g/mol. The highest BCUT2D eigenvalue weighted by molar-refractivity contribution is 5.96. The van der Waals surface area contributed by atoms with E-state index in [2.05, 4.69) is 0 Å². The Balaban J connectivity index is 2.20. The fraction of sp³-hybridized carbons (Fsp3) is 0.143. The molecule has 0 fully saturated rings. The molecule has 0 amide bonds. The number of ketones is 1. The molecule has 0 bridgehead atoms. The third kappa shape index (κ3) is 2.41. The van der Waals surface area contributed by atoms with E-state index in [0.29, 0.717) is 17.0 Å². The molecule has 0 aliphatic rings. The largest absolute Gasteiger partial charge is 0.497 e. The van der Waals surface area contributed by atoms with E-state index in [4.69, 9.17) is 10.00 Å². The second-order valence-corrected chi connectivity index (χ2v) is 3.79. The molecule has 0 atom stereocenters. The molecular formula is C14H12N2O2. The van der Waals surface area contributed by atoms with Gasteiger partial charge in [0.1, 0.15) is 17.5 Å². The minimum Gasteiger partial charge on any atom is -0.497 e. The van der Waals surface area contributed by atoms with Gasteiger partial charge < -0.3 is 9.30 Å². The van der Waals surface area contributed by atoms with Gasteiger partial charge in [0.2, 0.25) is 0 Å². The van der Waals surface area contributed by atoms with Crippen LogP contribution in [0.15, 0.2) is 42.6 Å². The predicted molar refractivity (Wildman–Crippen MR) is 66.5 cm³/mol. The van der Waals surface area contributed by atoms with Crippen LogP contribution in [0.5, 0.6) is 5.75 Å². The minimum absolute atomic E-state index is 0.0541. The Morgan fingerprint density at radius 3 is 2.94 bits per heavy atom. The van der Waals surface area contributed by atoms with Gasteiger partial charge in [-0.3, -0.25) is 4.79 Å².